The van der Waals surface area contributed by atoms with Crippen LogP contribution in [0.1, 0.15) is 45.1 Å². The first-order valence-corrected chi connectivity index (χ1v) is 10.6. The van der Waals surface area contributed by atoms with Gasteiger partial charge in [-0.05, 0) is 50.3 Å². The van der Waals surface area contributed by atoms with Gasteiger partial charge < -0.3 is 24.0 Å². The van der Waals surface area contributed by atoms with Crippen molar-refractivity contribution in [2.24, 2.45) is 0 Å². The zero-order chi connectivity index (χ0) is 21.9. The molecule has 9 nitrogen and oxygen atoms in total. The van der Waals surface area contributed by atoms with Crippen molar-refractivity contribution in [2.45, 2.75) is 39.3 Å². The highest BCUT2D eigenvalue weighted by Gasteiger charge is 2.38. The van der Waals surface area contributed by atoms with E-state index in [0.717, 1.165) is 44.1 Å². The summed E-state index contributed by atoms with van der Waals surface area (Å²) in [7, 11) is 4.91. The lowest BCUT2D eigenvalue weighted by molar-refractivity contribution is -1.02. The number of methoxy groups -OCH3 is 3. The molecular formula is C21H36N6O3+2. The number of benzene rings is 1. The Bertz CT molecular complexity index is 815. The lowest BCUT2D eigenvalue weighted by atomic mass is 10.0. The van der Waals surface area contributed by atoms with E-state index >= 15 is 0 Å². The molecule has 1 aliphatic rings. The molecule has 2 aromatic rings. The van der Waals surface area contributed by atoms with Crippen LogP contribution in [-0.2, 0) is 5.54 Å². The Morgan fingerprint density at radius 1 is 1.00 bits per heavy atom. The molecule has 1 atom stereocenters. The average Bonchev–Trinajstić information content (AvgIpc) is 3.23. The fourth-order valence-corrected chi connectivity index (χ4v) is 4.25. The first kappa shape index (κ1) is 22.3. The first-order valence-electron chi connectivity index (χ1n) is 10.6. The van der Waals surface area contributed by atoms with Crippen molar-refractivity contribution in [2.75, 3.05) is 54.1 Å². The van der Waals surface area contributed by atoms with E-state index in [-0.39, 0.29) is 11.6 Å². The topological polar surface area (TPSA) is 80.2 Å². The molecule has 166 valence electrons. The van der Waals surface area contributed by atoms with Crippen LogP contribution in [0.4, 0.5) is 0 Å². The smallest absolute Gasteiger partial charge is 0.214 e. The third-order valence-electron chi connectivity index (χ3n) is 5.92. The fraction of sp³-hybridized carbons (Fsp3) is 0.667. The predicted octanol–water partition coefficient (Wildman–Crippen LogP) is -0.653. The standard InChI is InChI=1S/C21H34N6O3/c1-8-25-9-11-26(12-10-25)18(20-22-23-24-27(20)21(2,3)4)15-13-16(28-5)19(30-7)17(14-15)29-6/h13-14,18H,8-12H2,1-7H3/p+2/t18-/m1/s1. The minimum Gasteiger partial charge on any atom is -0.493 e. The normalized spacial score (nSPS) is 20.6. The maximum atomic E-state index is 5.63. The molecule has 0 unspecified atom stereocenters. The Balaban J connectivity index is 2.13. The number of nitrogens with zero attached hydrogens (tertiary/aromatic N) is 4. The Hall–Kier alpha value is -2.39. The molecule has 30 heavy (non-hydrogen) atoms. The van der Waals surface area contributed by atoms with Gasteiger partial charge in [0.05, 0.1) is 33.4 Å². The van der Waals surface area contributed by atoms with E-state index in [1.165, 1.54) is 4.90 Å². The second kappa shape index (κ2) is 9.18. The number of nitrogens with one attached hydrogen (secondary N) is 2. The van der Waals surface area contributed by atoms with E-state index in [9.17, 15) is 0 Å². The molecule has 2 heterocycles. The van der Waals surface area contributed by atoms with Gasteiger partial charge in [0.15, 0.2) is 17.5 Å². The molecule has 0 amide bonds. The summed E-state index contributed by atoms with van der Waals surface area (Å²) >= 11 is 0. The molecule has 3 rings (SSSR count). The second-order valence-corrected chi connectivity index (χ2v) is 8.77. The minimum atomic E-state index is -0.229. The molecule has 0 aliphatic carbocycles. The van der Waals surface area contributed by atoms with Crippen molar-refractivity contribution >= 4 is 0 Å². The third kappa shape index (κ3) is 4.37. The molecule has 1 aliphatic heterocycles. The molecule has 1 aromatic heterocycles. The Labute approximate surface area is 178 Å². The number of hydrogen-bond acceptors (Lipinski definition) is 6. The minimum absolute atomic E-state index is 0.0358. The molecular weight excluding hydrogens is 384 g/mol. The van der Waals surface area contributed by atoms with Crippen LogP contribution < -0.4 is 24.0 Å². The van der Waals surface area contributed by atoms with E-state index in [1.54, 1.807) is 26.2 Å². The van der Waals surface area contributed by atoms with Gasteiger partial charge in [-0.15, -0.1) is 5.10 Å². The van der Waals surface area contributed by atoms with Crippen LogP contribution in [0.3, 0.4) is 0 Å². The highest BCUT2D eigenvalue weighted by molar-refractivity contribution is 5.54. The molecule has 0 radical (unpaired) electrons. The van der Waals surface area contributed by atoms with Crippen LogP contribution in [0.5, 0.6) is 17.2 Å². The van der Waals surface area contributed by atoms with Crippen LogP contribution in [0.25, 0.3) is 0 Å². The summed E-state index contributed by atoms with van der Waals surface area (Å²) in [5.41, 5.74) is 0.827. The van der Waals surface area contributed by atoms with Crippen LogP contribution in [0.15, 0.2) is 12.1 Å². The maximum absolute atomic E-state index is 5.63. The van der Waals surface area contributed by atoms with E-state index in [1.807, 2.05) is 16.8 Å². The van der Waals surface area contributed by atoms with Crippen molar-refractivity contribution in [3.8, 4) is 17.2 Å². The fourth-order valence-electron chi connectivity index (χ4n) is 4.25. The van der Waals surface area contributed by atoms with Gasteiger partial charge >= 0.3 is 0 Å². The van der Waals surface area contributed by atoms with E-state index in [4.69, 9.17) is 14.2 Å². The lowest BCUT2D eigenvalue weighted by Gasteiger charge is -2.35. The number of quaternary nitrogens is 2. The zero-order valence-corrected chi connectivity index (χ0v) is 19.3. The quantitative estimate of drug-likeness (QED) is 0.620. The molecule has 0 saturated carbocycles. The molecule has 1 saturated heterocycles. The van der Waals surface area contributed by atoms with Crippen LogP contribution in [-0.4, -0.2) is 74.3 Å². The van der Waals surface area contributed by atoms with Crippen molar-refractivity contribution in [3.05, 3.63) is 23.5 Å². The monoisotopic (exact) mass is 420 g/mol. The SMILES string of the molecule is CC[NH+]1CC[NH+]([C@H](c2cc(OC)c(OC)c(OC)c2)c2nnnn2C(C)(C)C)CC1. The summed E-state index contributed by atoms with van der Waals surface area (Å²) in [6.45, 7) is 14.1. The van der Waals surface area contributed by atoms with E-state index in [0.29, 0.717) is 17.2 Å². The number of ether oxygens (including phenoxy) is 3. The van der Waals surface area contributed by atoms with Gasteiger partial charge in [0, 0.05) is 5.56 Å². The van der Waals surface area contributed by atoms with Crippen LogP contribution in [0.2, 0.25) is 0 Å². The number of rotatable bonds is 7. The summed E-state index contributed by atoms with van der Waals surface area (Å²) in [5, 5.41) is 12.9. The molecule has 1 fully saturated rings. The van der Waals surface area contributed by atoms with E-state index in [2.05, 4.69) is 43.2 Å². The highest BCUT2D eigenvalue weighted by Crippen LogP contribution is 2.40. The number of piperazine rings is 1. The molecule has 1 aromatic carbocycles. The van der Waals surface area contributed by atoms with Crippen molar-refractivity contribution < 1.29 is 24.0 Å². The number of tetrazole rings is 1. The molecule has 0 bridgehead atoms. The number of aromatic nitrogens is 4. The molecule has 2 N–H and O–H groups in total. The summed E-state index contributed by atoms with van der Waals surface area (Å²) < 4.78 is 18.7. The second-order valence-electron chi connectivity index (χ2n) is 8.77. The van der Waals surface area contributed by atoms with Gasteiger partial charge in [-0.1, -0.05) is 0 Å². The van der Waals surface area contributed by atoms with Gasteiger partial charge in [-0.3, -0.25) is 0 Å². The lowest BCUT2D eigenvalue weighted by Crippen LogP contribution is -3.28. The Morgan fingerprint density at radius 2 is 1.60 bits per heavy atom. The van der Waals surface area contributed by atoms with Gasteiger partial charge in [0.2, 0.25) is 11.6 Å². The summed E-state index contributed by atoms with van der Waals surface area (Å²) in [6, 6.07) is 4.02. The molecule has 0 spiro atoms. The highest BCUT2D eigenvalue weighted by atomic mass is 16.5. The maximum Gasteiger partial charge on any atom is 0.214 e. The van der Waals surface area contributed by atoms with Gasteiger partial charge in [0.1, 0.15) is 26.2 Å². The van der Waals surface area contributed by atoms with Crippen LogP contribution in [0, 0.1) is 0 Å². The largest absolute Gasteiger partial charge is 0.493 e. The third-order valence-corrected chi connectivity index (χ3v) is 5.92. The zero-order valence-electron chi connectivity index (χ0n) is 19.3. The number of hydrogen-bond donors (Lipinski definition) is 2. The van der Waals surface area contributed by atoms with Crippen LogP contribution >= 0.6 is 0 Å². The Kier molecular flexibility index (Phi) is 6.82. The van der Waals surface area contributed by atoms with Gasteiger partial charge in [-0.25, -0.2) is 4.68 Å². The summed E-state index contributed by atoms with van der Waals surface area (Å²) in [4.78, 5) is 3.08. The van der Waals surface area contributed by atoms with Gasteiger partial charge in [0.25, 0.3) is 0 Å². The van der Waals surface area contributed by atoms with Crippen molar-refractivity contribution in [1.82, 2.24) is 20.2 Å². The molecule has 9 heteroatoms. The predicted molar refractivity (Wildman–Crippen MR) is 113 cm³/mol. The first-order chi connectivity index (χ1) is 14.3. The average molecular weight is 421 g/mol. The van der Waals surface area contributed by atoms with Crippen molar-refractivity contribution in [1.29, 1.82) is 0 Å². The summed E-state index contributed by atoms with van der Waals surface area (Å²) in [6.07, 6.45) is 0. The van der Waals surface area contributed by atoms with Gasteiger partial charge in [-0.2, -0.15) is 0 Å². The van der Waals surface area contributed by atoms with Crippen molar-refractivity contribution in [3.63, 3.8) is 0 Å². The Morgan fingerprint density at radius 3 is 2.07 bits per heavy atom. The van der Waals surface area contributed by atoms with E-state index < -0.39 is 0 Å². The summed E-state index contributed by atoms with van der Waals surface area (Å²) in [5.74, 6) is 2.73. The number of likely N-dealkylation sites (N-methyl/N-ethyl adjacent to an activating group) is 1.